The third-order valence-electron chi connectivity index (χ3n) is 2.40. The molecule has 2 aromatic carbocycles. The maximum atomic E-state index is 5.76. The summed E-state index contributed by atoms with van der Waals surface area (Å²) in [5, 5.41) is 2.41. The second-order valence-corrected chi connectivity index (χ2v) is 13.0. The fraction of sp³-hybridized carbons (Fsp3) is 0.250. The molecule has 0 saturated heterocycles. The molecule has 2 rings (SSSR count). The molecule has 0 fully saturated rings. The van der Waals surface area contributed by atoms with E-state index in [2.05, 4.69) is 50.9 Å². The van der Waals surface area contributed by atoms with E-state index in [0.29, 0.717) is 0 Å². The van der Waals surface area contributed by atoms with E-state index >= 15 is 0 Å². The van der Waals surface area contributed by atoms with E-state index in [1.807, 2.05) is 36.4 Å². The van der Waals surface area contributed by atoms with Gasteiger partial charge in [0.25, 0.3) is 0 Å². The van der Waals surface area contributed by atoms with Gasteiger partial charge in [-0.15, -0.1) is 5.30 Å². The van der Waals surface area contributed by atoms with Crippen LogP contribution in [0.1, 0.15) is 0 Å². The summed E-state index contributed by atoms with van der Waals surface area (Å²) in [6.45, 7) is 8.96. The van der Waals surface area contributed by atoms with Crippen molar-refractivity contribution in [3.63, 3.8) is 0 Å². The molecule has 0 aliphatic heterocycles. The molecule has 0 amide bonds. The van der Waals surface area contributed by atoms with Crippen molar-refractivity contribution in [2.75, 3.05) is 26.7 Å². The van der Waals surface area contributed by atoms with Crippen LogP contribution in [0.4, 0.5) is 0 Å². The van der Waals surface area contributed by atoms with Crippen molar-refractivity contribution in [1.29, 1.82) is 0 Å². The van der Waals surface area contributed by atoms with Crippen LogP contribution in [0.3, 0.4) is 0 Å². The SMILES string of the molecule is CP(=S)(c1[c-]cccc1)c1ccccc1.C[PH+](C)C.[Au+]. The first-order valence-electron chi connectivity index (χ1n) is 6.32. The molecule has 2 aromatic rings. The molecule has 0 radical (unpaired) electrons. The normalized spacial score (nSPS) is 12.7. The molecule has 0 saturated carbocycles. The van der Waals surface area contributed by atoms with Crippen molar-refractivity contribution >= 4 is 36.4 Å². The van der Waals surface area contributed by atoms with Crippen LogP contribution in [0.25, 0.3) is 0 Å². The van der Waals surface area contributed by atoms with Gasteiger partial charge in [0.05, 0.1) is 0 Å². The average Bonchev–Trinajstić information content (AvgIpc) is 2.40. The topological polar surface area (TPSA) is 0 Å². The van der Waals surface area contributed by atoms with E-state index < -0.39 is 6.04 Å². The molecule has 0 heterocycles. The van der Waals surface area contributed by atoms with Gasteiger partial charge in [0.1, 0.15) is 0 Å². The largest absolute Gasteiger partial charge is 1.00 e. The smallest absolute Gasteiger partial charge is 0.176 e. The zero-order valence-electron chi connectivity index (χ0n) is 12.4. The first kappa shape index (κ1) is 20.3. The number of rotatable bonds is 2. The Balaban J connectivity index is 0.000000644. The predicted molar refractivity (Wildman–Crippen MR) is 97.3 cm³/mol. The van der Waals surface area contributed by atoms with E-state index in [0.717, 1.165) is 5.30 Å². The third-order valence-corrected chi connectivity index (χ3v) is 6.10. The van der Waals surface area contributed by atoms with E-state index in [-0.39, 0.29) is 30.3 Å². The minimum atomic E-state index is -1.62. The van der Waals surface area contributed by atoms with Crippen molar-refractivity contribution in [2.24, 2.45) is 0 Å². The Morgan fingerprint density at radius 2 is 1.45 bits per heavy atom. The van der Waals surface area contributed by atoms with E-state index in [1.54, 1.807) is 0 Å². The zero-order chi connectivity index (χ0) is 14.3. The maximum absolute atomic E-state index is 5.76. The summed E-state index contributed by atoms with van der Waals surface area (Å²) in [5.41, 5.74) is 0. The molecule has 112 valence electrons. The molecular formula is C16H22AuP2S+. The molecular weight excluding hydrogens is 483 g/mol. The van der Waals surface area contributed by atoms with E-state index in [1.165, 1.54) is 5.30 Å². The standard InChI is InChI=1S/C13H12PS.C3H9P.Au/c1-14(15,12-8-4-2-5-9-12)13-10-6-3-7-11-13;1-4(2)3;/h2-10H,1H3;1-3H3;/q-1;;+1/p+1. The quantitative estimate of drug-likeness (QED) is 0.342. The van der Waals surface area contributed by atoms with Crippen LogP contribution in [0.15, 0.2) is 54.6 Å². The number of hydrogen-bond donors (Lipinski definition) is 0. The van der Waals surface area contributed by atoms with Crippen molar-refractivity contribution in [3.05, 3.63) is 60.7 Å². The number of hydrogen-bond acceptors (Lipinski definition) is 1. The van der Waals surface area contributed by atoms with Gasteiger partial charge in [0, 0.05) is 20.0 Å². The summed E-state index contributed by atoms with van der Waals surface area (Å²) in [6, 6.07) is 20.0. The monoisotopic (exact) mass is 505 g/mol. The van der Waals surface area contributed by atoms with Gasteiger partial charge in [0.15, 0.2) is 0 Å². The van der Waals surface area contributed by atoms with Crippen LogP contribution in [0, 0.1) is 6.07 Å². The van der Waals surface area contributed by atoms with E-state index in [9.17, 15) is 0 Å². The Morgan fingerprint density at radius 1 is 0.950 bits per heavy atom. The molecule has 0 aromatic heterocycles. The molecule has 4 heteroatoms. The van der Waals surface area contributed by atoms with Gasteiger partial charge in [-0.05, 0) is 25.9 Å². The fourth-order valence-electron chi connectivity index (χ4n) is 1.50. The summed E-state index contributed by atoms with van der Waals surface area (Å²) < 4.78 is 0. The molecule has 0 bridgehead atoms. The van der Waals surface area contributed by atoms with Crippen LogP contribution in [-0.4, -0.2) is 26.7 Å². The minimum absolute atomic E-state index is 0. The van der Waals surface area contributed by atoms with Crippen molar-refractivity contribution in [2.45, 2.75) is 0 Å². The molecule has 0 nitrogen and oxygen atoms in total. The molecule has 0 aliphatic carbocycles. The Bertz CT molecular complexity index is 480. The van der Waals surface area contributed by atoms with Gasteiger partial charge in [-0.2, -0.15) is 30.3 Å². The second-order valence-electron chi connectivity index (χ2n) is 5.01. The third kappa shape index (κ3) is 6.81. The summed E-state index contributed by atoms with van der Waals surface area (Å²) in [7, 11) is 0.120. The molecule has 0 N–H and O–H groups in total. The van der Waals surface area contributed by atoms with Crippen LogP contribution in [0.2, 0.25) is 0 Å². The van der Waals surface area contributed by atoms with Crippen LogP contribution < -0.4 is 10.6 Å². The van der Waals surface area contributed by atoms with Gasteiger partial charge in [-0.3, -0.25) is 0 Å². The summed E-state index contributed by atoms with van der Waals surface area (Å²) in [6.07, 6.45) is 0. The first-order valence-corrected chi connectivity index (χ1v) is 12.6. The summed E-state index contributed by atoms with van der Waals surface area (Å²) >= 11 is 5.76. The van der Waals surface area contributed by atoms with Gasteiger partial charge >= 0.3 is 22.4 Å². The number of benzene rings is 2. The summed E-state index contributed by atoms with van der Waals surface area (Å²) in [4.78, 5) is 0. The van der Waals surface area contributed by atoms with Crippen LogP contribution in [-0.2, 0) is 34.2 Å². The Kier molecular flexibility index (Phi) is 10.2. The zero-order valence-corrected chi connectivity index (χ0v) is 17.2. The molecule has 20 heavy (non-hydrogen) atoms. The molecule has 0 spiro atoms. The fourth-order valence-corrected chi connectivity index (χ4v) is 3.92. The summed E-state index contributed by atoms with van der Waals surface area (Å²) in [5.74, 6) is 0. The molecule has 1 unspecified atom stereocenters. The van der Waals surface area contributed by atoms with E-state index in [4.69, 9.17) is 11.8 Å². The van der Waals surface area contributed by atoms with Crippen molar-refractivity contribution < 1.29 is 22.4 Å². The Morgan fingerprint density at radius 3 is 1.90 bits per heavy atom. The van der Waals surface area contributed by atoms with Gasteiger partial charge < -0.3 is 0 Å². The van der Waals surface area contributed by atoms with Gasteiger partial charge in [-0.1, -0.05) is 42.1 Å². The Hall–Kier alpha value is 0.260. The second kappa shape index (κ2) is 10.1. The Labute approximate surface area is 145 Å². The average molecular weight is 505 g/mol. The predicted octanol–water partition coefficient (Wildman–Crippen LogP) is 3.63. The van der Waals surface area contributed by atoms with Crippen LogP contribution >= 0.6 is 14.0 Å². The van der Waals surface area contributed by atoms with Crippen molar-refractivity contribution in [1.82, 2.24) is 0 Å². The first-order chi connectivity index (χ1) is 8.94. The molecule has 1 atom stereocenters. The van der Waals surface area contributed by atoms with Crippen LogP contribution in [0.5, 0.6) is 0 Å². The molecule has 0 aliphatic rings. The van der Waals surface area contributed by atoms with Crippen molar-refractivity contribution in [3.8, 4) is 0 Å². The minimum Gasteiger partial charge on any atom is -0.176 e. The maximum Gasteiger partial charge on any atom is 1.00 e. The van der Waals surface area contributed by atoms with Gasteiger partial charge in [-0.25, -0.2) is 0 Å². The van der Waals surface area contributed by atoms with Gasteiger partial charge in [0.2, 0.25) is 0 Å².